The van der Waals surface area contributed by atoms with Crippen molar-refractivity contribution in [1.29, 1.82) is 0 Å². The summed E-state index contributed by atoms with van der Waals surface area (Å²) in [5.74, 6) is -2.17. The molecule has 0 aliphatic carbocycles. The Morgan fingerprint density at radius 2 is 1.92 bits per heavy atom. The van der Waals surface area contributed by atoms with E-state index in [-0.39, 0.29) is 18.9 Å². The van der Waals surface area contributed by atoms with Gasteiger partial charge in [0, 0.05) is 25.2 Å². The van der Waals surface area contributed by atoms with Gasteiger partial charge in [-0.3, -0.25) is 19.7 Å². The van der Waals surface area contributed by atoms with Crippen LogP contribution in [0.3, 0.4) is 0 Å². The molecule has 26 heavy (non-hydrogen) atoms. The van der Waals surface area contributed by atoms with E-state index in [4.69, 9.17) is 4.74 Å². The zero-order valence-corrected chi connectivity index (χ0v) is 15.1. The van der Waals surface area contributed by atoms with Crippen LogP contribution >= 0.6 is 0 Å². The molecule has 1 aromatic rings. The summed E-state index contributed by atoms with van der Waals surface area (Å²) < 4.78 is 5.12. The maximum atomic E-state index is 12.3. The fourth-order valence-electron chi connectivity index (χ4n) is 2.58. The van der Waals surface area contributed by atoms with Crippen molar-refractivity contribution >= 4 is 29.5 Å². The van der Waals surface area contributed by atoms with E-state index in [0.29, 0.717) is 6.54 Å². The topological polar surface area (TPSA) is 105 Å². The standard InChI is InChI=1S/C18H23N3O5/c1-4-19-18(25)20-16(23)12(3)26-17(24)13-9-15(22)21(10-13)14-7-5-11(2)6-8-14/h5-8,12-13H,4,9-10H2,1-3H3,(H2,19,20,23,25)/t12-,13-/m1/s1. The number of ether oxygens (including phenoxy) is 1. The highest BCUT2D eigenvalue weighted by Gasteiger charge is 2.37. The quantitative estimate of drug-likeness (QED) is 0.765. The van der Waals surface area contributed by atoms with Crippen LogP contribution in [0.4, 0.5) is 10.5 Å². The van der Waals surface area contributed by atoms with Crippen molar-refractivity contribution in [2.75, 3.05) is 18.0 Å². The Labute approximate surface area is 151 Å². The molecule has 1 saturated heterocycles. The van der Waals surface area contributed by atoms with Gasteiger partial charge in [-0.25, -0.2) is 4.79 Å². The summed E-state index contributed by atoms with van der Waals surface area (Å²) in [7, 11) is 0. The zero-order chi connectivity index (χ0) is 19.3. The largest absolute Gasteiger partial charge is 0.452 e. The van der Waals surface area contributed by atoms with Gasteiger partial charge in [-0.1, -0.05) is 17.7 Å². The van der Waals surface area contributed by atoms with Crippen molar-refractivity contribution in [3.63, 3.8) is 0 Å². The van der Waals surface area contributed by atoms with E-state index in [9.17, 15) is 19.2 Å². The third kappa shape index (κ3) is 4.81. The van der Waals surface area contributed by atoms with E-state index < -0.39 is 29.9 Å². The molecule has 2 rings (SSSR count). The molecular weight excluding hydrogens is 338 g/mol. The number of carbonyl (C=O) groups excluding carboxylic acids is 4. The molecule has 8 nitrogen and oxygen atoms in total. The molecule has 0 bridgehead atoms. The molecule has 1 aliphatic rings. The van der Waals surface area contributed by atoms with Gasteiger partial charge >= 0.3 is 12.0 Å². The lowest BCUT2D eigenvalue weighted by Crippen LogP contribution is -2.45. The van der Waals surface area contributed by atoms with Crippen LogP contribution in [0.2, 0.25) is 0 Å². The fraction of sp³-hybridized carbons (Fsp3) is 0.444. The minimum Gasteiger partial charge on any atom is -0.452 e. The highest BCUT2D eigenvalue weighted by molar-refractivity contribution is 6.00. The van der Waals surface area contributed by atoms with Gasteiger partial charge in [-0.2, -0.15) is 0 Å². The number of anilines is 1. The molecule has 4 amide bonds. The summed E-state index contributed by atoms with van der Waals surface area (Å²) in [4.78, 5) is 49.2. The highest BCUT2D eigenvalue weighted by Crippen LogP contribution is 2.26. The summed E-state index contributed by atoms with van der Waals surface area (Å²) >= 11 is 0. The summed E-state index contributed by atoms with van der Waals surface area (Å²) in [6.45, 7) is 5.60. The Hall–Kier alpha value is -2.90. The van der Waals surface area contributed by atoms with Gasteiger partial charge in [-0.05, 0) is 32.9 Å². The lowest BCUT2D eigenvalue weighted by Gasteiger charge is -2.18. The van der Waals surface area contributed by atoms with E-state index in [1.54, 1.807) is 6.92 Å². The van der Waals surface area contributed by atoms with E-state index in [0.717, 1.165) is 11.3 Å². The van der Waals surface area contributed by atoms with Crippen LogP contribution in [0.1, 0.15) is 25.8 Å². The Bertz CT molecular complexity index is 701. The second-order valence-corrected chi connectivity index (χ2v) is 6.17. The molecule has 0 unspecified atom stereocenters. The normalized spacial score (nSPS) is 17.6. The summed E-state index contributed by atoms with van der Waals surface area (Å²) in [6, 6.07) is 6.78. The number of rotatable bonds is 5. The fourth-order valence-corrected chi connectivity index (χ4v) is 2.58. The van der Waals surface area contributed by atoms with Crippen LogP contribution in [0.5, 0.6) is 0 Å². The van der Waals surface area contributed by atoms with E-state index in [1.165, 1.54) is 11.8 Å². The summed E-state index contributed by atoms with van der Waals surface area (Å²) in [5, 5.41) is 4.49. The first-order chi connectivity index (χ1) is 12.3. The molecule has 0 spiro atoms. The SMILES string of the molecule is CCNC(=O)NC(=O)[C@@H](C)OC(=O)[C@@H]1CC(=O)N(c2ccc(C)cc2)C1. The third-order valence-electron chi connectivity index (χ3n) is 4.04. The molecular formula is C18H23N3O5. The number of nitrogens with zero attached hydrogens (tertiary/aromatic N) is 1. The summed E-state index contributed by atoms with van der Waals surface area (Å²) in [6.07, 6.45) is -1.11. The van der Waals surface area contributed by atoms with Crippen molar-refractivity contribution in [1.82, 2.24) is 10.6 Å². The molecule has 1 fully saturated rings. The van der Waals surface area contributed by atoms with Gasteiger partial charge in [-0.15, -0.1) is 0 Å². The maximum absolute atomic E-state index is 12.3. The Kier molecular flexibility index (Phi) is 6.32. The molecule has 140 valence electrons. The van der Waals surface area contributed by atoms with Gasteiger partial charge in [0.2, 0.25) is 5.91 Å². The van der Waals surface area contributed by atoms with Crippen LogP contribution in [-0.4, -0.2) is 43.0 Å². The number of carbonyl (C=O) groups is 4. The second kappa shape index (κ2) is 8.46. The molecule has 2 atom stereocenters. The number of nitrogens with one attached hydrogen (secondary N) is 2. The number of benzene rings is 1. The number of aryl methyl sites for hydroxylation is 1. The van der Waals surface area contributed by atoms with Crippen LogP contribution in [0.15, 0.2) is 24.3 Å². The van der Waals surface area contributed by atoms with Gasteiger partial charge < -0.3 is 15.0 Å². The van der Waals surface area contributed by atoms with Gasteiger partial charge in [0.15, 0.2) is 6.10 Å². The minimum absolute atomic E-state index is 0.0252. The van der Waals surface area contributed by atoms with Crippen LogP contribution in [0, 0.1) is 12.8 Å². The molecule has 2 N–H and O–H groups in total. The molecule has 1 aliphatic heterocycles. The molecule has 0 aromatic heterocycles. The maximum Gasteiger partial charge on any atom is 0.321 e. The van der Waals surface area contributed by atoms with Crippen LogP contribution in [-0.2, 0) is 19.1 Å². The Balaban J connectivity index is 1.92. The first kappa shape index (κ1) is 19.4. The lowest BCUT2D eigenvalue weighted by molar-refractivity contribution is -0.158. The number of imide groups is 1. The van der Waals surface area contributed by atoms with Gasteiger partial charge in [0.25, 0.3) is 5.91 Å². The molecule has 1 aromatic carbocycles. The number of urea groups is 1. The summed E-state index contributed by atoms with van der Waals surface area (Å²) in [5.41, 5.74) is 1.79. The van der Waals surface area contributed by atoms with Crippen molar-refractivity contribution in [3.8, 4) is 0 Å². The van der Waals surface area contributed by atoms with Crippen molar-refractivity contribution in [2.45, 2.75) is 33.3 Å². The van der Waals surface area contributed by atoms with Crippen LogP contribution in [0.25, 0.3) is 0 Å². The lowest BCUT2D eigenvalue weighted by atomic mass is 10.1. The van der Waals surface area contributed by atoms with Gasteiger partial charge in [0.1, 0.15) is 0 Å². The predicted molar refractivity (Wildman–Crippen MR) is 94.4 cm³/mol. The first-order valence-electron chi connectivity index (χ1n) is 8.48. The Morgan fingerprint density at radius 1 is 1.27 bits per heavy atom. The molecule has 0 saturated carbocycles. The number of esters is 1. The van der Waals surface area contributed by atoms with Crippen molar-refractivity contribution < 1.29 is 23.9 Å². The van der Waals surface area contributed by atoms with E-state index in [1.807, 2.05) is 31.2 Å². The monoisotopic (exact) mass is 361 g/mol. The average Bonchev–Trinajstić information content (AvgIpc) is 2.97. The Morgan fingerprint density at radius 3 is 2.54 bits per heavy atom. The zero-order valence-electron chi connectivity index (χ0n) is 15.1. The number of hydrogen-bond donors (Lipinski definition) is 2. The van der Waals surface area contributed by atoms with Gasteiger partial charge in [0.05, 0.1) is 5.92 Å². The van der Waals surface area contributed by atoms with Crippen molar-refractivity contribution in [3.05, 3.63) is 29.8 Å². The smallest absolute Gasteiger partial charge is 0.321 e. The molecule has 0 radical (unpaired) electrons. The highest BCUT2D eigenvalue weighted by atomic mass is 16.5. The number of hydrogen-bond acceptors (Lipinski definition) is 5. The first-order valence-corrected chi connectivity index (χ1v) is 8.48. The minimum atomic E-state index is -1.13. The van der Waals surface area contributed by atoms with E-state index >= 15 is 0 Å². The van der Waals surface area contributed by atoms with Crippen molar-refractivity contribution in [2.24, 2.45) is 5.92 Å². The molecule has 8 heteroatoms. The molecule has 1 heterocycles. The average molecular weight is 361 g/mol. The predicted octanol–water partition coefficient (Wildman–Crippen LogP) is 1.13. The number of amides is 4. The third-order valence-corrected chi connectivity index (χ3v) is 4.04. The second-order valence-electron chi connectivity index (χ2n) is 6.17. The van der Waals surface area contributed by atoms with E-state index in [2.05, 4.69) is 10.6 Å². The van der Waals surface area contributed by atoms with Crippen LogP contribution < -0.4 is 15.5 Å².